The Morgan fingerprint density at radius 3 is 2.61 bits per heavy atom. The van der Waals surface area contributed by atoms with E-state index in [4.69, 9.17) is 0 Å². The number of aryl methyl sites for hydroxylation is 4. The molecule has 7 heteroatoms. The molecule has 0 bridgehead atoms. The van der Waals surface area contributed by atoms with Gasteiger partial charge in [0.2, 0.25) is 5.91 Å². The van der Waals surface area contributed by atoms with Crippen LogP contribution in [0, 0.1) is 13.8 Å². The molecule has 0 saturated heterocycles. The number of aromatic amines is 1. The van der Waals surface area contributed by atoms with Crippen molar-refractivity contribution < 1.29 is 4.79 Å². The van der Waals surface area contributed by atoms with Gasteiger partial charge in [-0.15, -0.1) is 11.3 Å². The number of hydrogen-bond acceptors (Lipinski definition) is 5. The molecule has 23 heavy (non-hydrogen) atoms. The lowest BCUT2D eigenvalue weighted by molar-refractivity contribution is -0.115. The van der Waals surface area contributed by atoms with E-state index >= 15 is 0 Å². The molecule has 0 aliphatic carbocycles. The Hall–Kier alpha value is -2.02. The van der Waals surface area contributed by atoms with Crippen LogP contribution in [0.1, 0.15) is 47.9 Å². The summed E-state index contributed by atoms with van der Waals surface area (Å²) in [4.78, 5) is 36.7. The molecule has 2 heterocycles. The second-order valence-electron chi connectivity index (χ2n) is 5.43. The minimum absolute atomic E-state index is 0.00139. The predicted octanol–water partition coefficient (Wildman–Crippen LogP) is 2.54. The van der Waals surface area contributed by atoms with E-state index < -0.39 is 0 Å². The Morgan fingerprint density at radius 2 is 2.00 bits per heavy atom. The number of hydrogen-bond donors (Lipinski definition) is 2. The van der Waals surface area contributed by atoms with Gasteiger partial charge in [0, 0.05) is 16.1 Å². The molecule has 0 fully saturated rings. The molecule has 2 aromatic rings. The molecular weight excluding hydrogens is 312 g/mol. The van der Waals surface area contributed by atoms with Crippen molar-refractivity contribution in [3.63, 3.8) is 0 Å². The highest BCUT2D eigenvalue weighted by molar-refractivity contribution is 7.15. The van der Waals surface area contributed by atoms with E-state index in [2.05, 4.69) is 34.1 Å². The van der Waals surface area contributed by atoms with Crippen LogP contribution in [0.4, 0.5) is 5.13 Å². The summed E-state index contributed by atoms with van der Waals surface area (Å²) >= 11 is 1.50. The van der Waals surface area contributed by atoms with Crippen molar-refractivity contribution in [3.8, 4) is 0 Å². The van der Waals surface area contributed by atoms with Crippen molar-refractivity contribution in [3.05, 3.63) is 38.0 Å². The number of nitrogens with one attached hydrogen (secondary N) is 2. The second kappa shape index (κ2) is 7.50. The second-order valence-corrected chi connectivity index (χ2v) is 6.52. The standard InChI is InChI=1S/C16H22N4O2S/c1-5-7-12-13(6-2)23-16(19-12)20-14(21)8-11-9(3)17-10(4)18-15(11)22/h5-8H2,1-4H3,(H,17,18,22)(H,19,20,21). The van der Waals surface area contributed by atoms with Crippen molar-refractivity contribution in [2.24, 2.45) is 0 Å². The molecule has 0 aromatic carbocycles. The van der Waals surface area contributed by atoms with Crippen LogP contribution in [0.15, 0.2) is 4.79 Å². The first kappa shape index (κ1) is 17.3. The third-order valence-corrected chi connectivity index (χ3v) is 4.67. The first-order valence-corrected chi connectivity index (χ1v) is 8.61. The SMILES string of the molecule is CCCc1nc(NC(=O)Cc2c(C)nc(C)[nH]c2=O)sc1CC. The summed E-state index contributed by atoms with van der Waals surface area (Å²) in [6.45, 7) is 7.65. The van der Waals surface area contributed by atoms with Crippen LogP contribution in [-0.2, 0) is 24.1 Å². The van der Waals surface area contributed by atoms with E-state index in [1.807, 2.05) is 0 Å². The fourth-order valence-corrected chi connectivity index (χ4v) is 3.39. The normalized spacial score (nSPS) is 10.8. The van der Waals surface area contributed by atoms with Crippen LogP contribution in [-0.4, -0.2) is 20.9 Å². The van der Waals surface area contributed by atoms with Crippen molar-refractivity contribution in [2.75, 3.05) is 5.32 Å². The molecule has 2 N–H and O–H groups in total. The van der Waals surface area contributed by atoms with Gasteiger partial charge in [-0.05, 0) is 26.7 Å². The Bertz CT molecular complexity index is 764. The van der Waals surface area contributed by atoms with E-state index in [0.717, 1.165) is 25.0 Å². The van der Waals surface area contributed by atoms with Crippen LogP contribution in [0.25, 0.3) is 0 Å². The third-order valence-electron chi connectivity index (χ3n) is 3.51. The van der Waals surface area contributed by atoms with Gasteiger partial charge in [-0.2, -0.15) is 0 Å². The fourth-order valence-electron chi connectivity index (χ4n) is 2.43. The quantitative estimate of drug-likeness (QED) is 0.850. The number of thiazole rings is 1. The summed E-state index contributed by atoms with van der Waals surface area (Å²) < 4.78 is 0. The van der Waals surface area contributed by atoms with Crippen molar-refractivity contribution in [1.82, 2.24) is 15.0 Å². The predicted molar refractivity (Wildman–Crippen MR) is 92.2 cm³/mol. The zero-order valence-corrected chi connectivity index (χ0v) is 14.8. The smallest absolute Gasteiger partial charge is 0.254 e. The van der Waals surface area contributed by atoms with E-state index in [1.54, 1.807) is 13.8 Å². The van der Waals surface area contributed by atoms with Crippen LogP contribution >= 0.6 is 11.3 Å². The van der Waals surface area contributed by atoms with Crippen molar-refractivity contribution >= 4 is 22.4 Å². The van der Waals surface area contributed by atoms with Gasteiger partial charge < -0.3 is 10.3 Å². The first-order chi connectivity index (χ1) is 10.9. The van der Waals surface area contributed by atoms with E-state index in [9.17, 15) is 9.59 Å². The average Bonchev–Trinajstić information content (AvgIpc) is 2.85. The monoisotopic (exact) mass is 334 g/mol. The summed E-state index contributed by atoms with van der Waals surface area (Å²) in [7, 11) is 0. The molecule has 124 valence electrons. The summed E-state index contributed by atoms with van der Waals surface area (Å²) in [6.07, 6.45) is 2.84. The lowest BCUT2D eigenvalue weighted by atomic mass is 10.1. The van der Waals surface area contributed by atoms with E-state index in [0.29, 0.717) is 22.2 Å². The third kappa shape index (κ3) is 4.25. The van der Waals surface area contributed by atoms with Crippen molar-refractivity contribution in [2.45, 2.75) is 53.4 Å². The zero-order chi connectivity index (χ0) is 17.0. The number of carbonyl (C=O) groups is 1. The highest BCUT2D eigenvalue weighted by atomic mass is 32.1. The molecule has 0 saturated carbocycles. The number of carbonyl (C=O) groups excluding carboxylic acids is 1. The molecule has 0 aliphatic rings. The summed E-state index contributed by atoms with van der Waals surface area (Å²) in [5.74, 6) is 0.303. The Balaban J connectivity index is 2.13. The minimum Gasteiger partial charge on any atom is -0.311 e. The van der Waals surface area contributed by atoms with Gasteiger partial charge in [0.15, 0.2) is 5.13 Å². The molecule has 0 atom stereocenters. The topological polar surface area (TPSA) is 87.7 Å². The van der Waals surface area contributed by atoms with Gasteiger partial charge in [-0.3, -0.25) is 9.59 Å². The molecule has 6 nitrogen and oxygen atoms in total. The van der Waals surface area contributed by atoms with Crippen molar-refractivity contribution in [1.29, 1.82) is 0 Å². The molecule has 0 radical (unpaired) electrons. The van der Waals surface area contributed by atoms with Crippen LogP contribution in [0.2, 0.25) is 0 Å². The highest BCUT2D eigenvalue weighted by Gasteiger charge is 2.15. The molecule has 2 rings (SSSR count). The Labute approximate surface area is 139 Å². The lowest BCUT2D eigenvalue weighted by Gasteiger charge is -2.05. The lowest BCUT2D eigenvalue weighted by Crippen LogP contribution is -2.24. The Kier molecular flexibility index (Phi) is 5.65. The minimum atomic E-state index is -0.259. The van der Waals surface area contributed by atoms with E-state index in [1.165, 1.54) is 16.2 Å². The van der Waals surface area contributed by atoms with Crippen LogP contribution in [0.5, 0.6) is 0 Å². The first-order valence-electron chi connectivity index (χ1n) is 7.79. The number of H-pyrrole nitrogens is 1. The van der Waals surface area contributed by atoms with Gasteiger partial charge in [0.1, 0.15) is 5.82 Å². The zero-order valence-electron chi connectivity index (χ0n) is 13.9. The Morgan fingerprint density at radius 1 is 1.26 bits per heavy atom. The number of rotatable bonds is 6. The highest BCUT2D eigenvalue weighted by Crippen LogP contribution is 2.24. The number of aromatic nitrogens is 3. The fraction of sp³-hybridized carbons (Fsp3) is 0.500. The number of nitrogens with zero attached hydrogens (tertiary/aromatic N) is 2. The number of anilines is 1. The van der Waals surface area contributed by atoms with Crippen LogP contribution < -0.4 is 10.9 Å². The summed E-state index contributed by atoms with van der Waals surface area (Å²) in [5.41, 5.74) is 1.78. The van der Waals surface area contributed by atoms with Crippen LogP contribution in [0.3, 0.4) is 0 Å². The maximum absolute atomic E-state index is 12.2. The number of amides is 1. The molecular formula is C16H22N4O2S. The van der Waals surface area contributed by atoms with Gasteiger partial charge in [-0.25, -0.2) is 9.97 Å². The maximum atomic E-state index is 12.2. The van der Waals surface area contributed by atoms with Gasteiger partial charge in [0.05, 0.1) is 12.1 Å². The average molecular weight is 334 g/mol. The summed E-state index contributed by atoms with van der Waals surface area (Å²) in [6, 6.07) is 0. The van der Waals surface area contributed by atoms with E-state index in [-0.39, 0.29) is 17.9 Å². The molecule has 0 unspecified atom stereocenters. The molecule has 0 aliphatic heterocycles. The van der Waals surface area contributed by atoms with Gasteiger partial charge in [0.25, 0.3) is 5.56 Å². The summed E-state index contributed by atoms with van der Waals surface area (Å²) in [5, 5.41) is 3.40. The molecule has 0 spiro atoms. The molecule has 1 amide bonds. The largest absolute Gasteiger partial charge is 0.311 e. The maximum Gasteiger partial charge on any atom is 0.254 e. The van der Waals surface area contributed by atoms with Gasteiger partial charge >= 0.3 is 0 Å². The molecule has 2 aromatic heterocycles. The van der Waals surface area contributed by atoms with Gasteiger partial charge in [-0.1, -0.05) is 20.3 Å².